The Kier molecular flexibility index (Phi) is 6.91. The molecular weight excluding hydrogens is 332 g/mol. The van der Waals surface area contributed by atoms with E-state index in [-0.39, 0.29) is 29.9 Å². The summed E-state index contributed by atoms with van der Waals surface area (Å²) >= 11 is 0. The monoisotopic (exact) mass is 360 g/mol. The second kappa shape index (κ2) is 8.94. The lowest BCUT2D eigenvalue weighted by atomic mass is 9.78. The number of hydrogen-bond donors (Lipinski definition) is 2. The predicted molar refractivity (Wildman–Crippen MR) is 97.6 cm³/mol. The number of hydroxylamine groups is 1. The number of ketones is 1. The van der Waals surface area contributed by atoms with Crippen LogP contribution in [0, 0.1) is 18.8 Å². The van der Waals surface area contributed by atoms with Crippen LogP contribution in [0.4, 0.5) is 0 Å². The van der Waals surface area contributed by atoms with Gasteiger partial charge in [0.1, 0.15) is 5.78 Å². The molecule has 1 heterocycles. The van der Waals surface area contributed by atoms with Crippen LogP contribution in [0.3, 0.4) is 0 Å². The van der Waals surface area contributed by atoms with E-state index in [2.05, 4.69) is 0 Å². The van der Waals surface area contributed by atoms with Crippen LogP contribution in [0.1, 0.15) is 50.2 Å². The highest BCUT2D eigenvalue weighted by atomic mass is 16.5. The number of carbonyl (C=O) groups excluding carboxylic acids is 3. The number of amides is 2. The third kappa shape index (κ3) is 4.91. The van der Waals surface area contributed by atoms with Crippen molar-refractivity contribution in [3.05, 3.63) is 35.4 Å². The molecule has 0 bridgehead atoms. The Bertz CT molecular complexity index is 648. The molecule has 0 aliphatic carbocycles. The fourth-order valence-electron chi connectivity index (χ4n) is 3.61. The van der Waals surface area contributed by atoms with Gasteiger partial charge < -0.3 is 4.90 Å². The SMILES string of the molecule is CC(=O)N1CCC(C(CC(=O)C(C)c2ccc(C)cc2)C(=O)NO)CC1. The fraction of sp³-hybridized carbons (Fsp3) is 0.550. The molecule has 2 atom stereocenters. The number of hydrogen-bond acceptors (Lipinski definition) is 4. The van der Waals surface area contributed by atoms with Crippen molar-refractivity contribution in [2.75, 3.05) is 13.1 Å². The van der Waals surface area contributed by atoms with E-state index < -0.39 is 11.8 Å². The summed E-state index contributed by atoms with van der Waals surface area (Å²) < 4.78 is 0. The third-order valence-corrected chi connectivity index (χ3v) is 5.48. The zero-order chi connectivity index (χ0) is 19.3. The van der Waals surface area contributed by atoms with Crippen LogP contribution in [0.25, 0.3) is 0 Å². The van der Waals surface area contributed by atoms with Gasteiger partial charge in [0, 0.05) is 38.3 Å². The number of carbonyl (C=O) groups is 3. The van der Waals surface area contributed by atoms with Crippen molar-refractivity contribution in [3.63, 3.8) is 0 Å². The van der Waals surface area contributed by atoms with E-state index in [0.717, 1.165) is 11.1 Å². The molecule has 142 valence electrons. The first-order valence-corrected chi connectivity index (χ1v) is 9.12. The van der Waals surface area contributed by atoms with Crippen LogP contribution in [-0.2, 0) is 14.4 Å². The van der Waals surface area contributed by atoms with Crippen molar-refractivity contribution < 1.29 is 19.6 Å². The summed E-state index contributed by atoms with van der Waals surface area (Å²) in [6, 6.07) is 7.80. The first-order chi connectivity index (χ1) is 12.3. The summed E-state index contributed by atoms with van der Waals surface area (Å²) in [5, 5.41) is 9.10. The van der Waals surface area contributed by atoms with E-state index in [1.807, 2.05) is 38.1 Å². The predicted octanol–water partition coefficient (Wildman–Crippen LogP) is 2.44. The molecule has 0 saturated carbocycles. The zero-order valence-corrected chi connectivity index (χ0v) is 15.7. The first kappa shape index (κ1) is 20.1. The Hall–Kier alpha value is -2.21. The second-order valence-electron chi connectivity index (χ2n) is 7.23. The van der Waals surface area contributed by atoms with E-state index in [0.29, 0.717) is 25.9 Å². The molecule has 1 aliphatic rings. The van der Waals surface area contributed by atoms with Crippen molar-refractivity contribution in [2.24, 2.45) is 11.8 Å². The maximum atomic E-state index is 12.7. The summed E-state index contributed by atoms with van der Waals surface area (Å²) in [5.41, 5.74) is 3.77. The average Bonchev–Trinajstić information content (AvgIpc) is 2.65. The summed E-state index contributed by atoms with van der Waals surface area (Å²) in [7, 11) is 0. The molecule has 0 aromatic heterocycles. The number of piperidine rings is 1. The van der Waals surface area contributed by atoms with Crippen LogP contribution in [-0.4, -0.2) is 40.8 Å². The van der Waals surface area contributed by atoms with Crippen molar-refractivity contribution in [2.45, 2.75) is 46.0 Å². The van der Waals surface area contributed by atoms with Crippen LogP contribution in [0.5, 0.6) is 0 Å². The summed E-state index contributed by atoms with van der Waals surface area (Å²) in [6.45, 7) is 6.53. The molecule has 6 heteroatoms. The van der Waals surface area contributed by atoms with Crippen LogP contribution in [0.2, 0.25) is 0 Å². The van der Waals surface area contributed by atoms with E-state index in [1.54, 1.807) is 10.4 Å². The van der Waals surface area contributed by atoms with Crippen LogP contribution >= 0.6 is 0 Å². The van der Waals surface area contributed by atoms with Gasteiger partial charge in [0.25, 0.3) is 0 Å². The number of likely N-dealkylation sites (tertiary alicyclic amines) is 1. The van der Waals surface area contributed by atoms with Gasteiger partial charge in [0.2, 0.25) is 11.8 Å². The molecule has 1 saturated heterocycles. The Labute approximate surface area is 154 Å². The molecule has 1 aliphatic heterocycles. The minimum atomic E-state index is -0.575. The van der Waals surface area contributed by atoms with Crippen molar-refractivity contribution >= 4 is 17.6 Å². The summed E-state index contributed by atoms with van der Waals surface area (Å²) in [5.74, 6) is -1.41. The van der Waals surface area contributed by atoms with Crippen molar-refractivity contribution in [1.29, 1.82) is 0 Å². The van der Waals surface area contributed by atoms with Gasteiger partial charge in [-0.1, -0.05) is 36.8 Å². The minimum Gasteiger partial charge on any atom is -0.343 e. The number of nitrogens with one attached hydrogen (secondary N) is 1. The van der Waals surface area contributed by atoms with Gasteiger partial charge >= 0.3 is 0 Å². The minimum absolute atomic E-state index is 0.0172. The number of benzene rings is 1. The quantitative estimate of drug-likeness (QED) is 0.603. The molecule has 2 unspecified atom stereocenters. The van der Waals surface area contributed by atoms with Gasteiger partial charge in [-0.05, 0) is 31.2 Å². The molecule has 1 aromatic carbocycles. The van der Waals surface area contributed by atoms with E-state index in [1.165, 1.54) is 6.92 Å². The van der Waals surface area contributed by atoms with Gasteiger partial charge in [0.05, 0.1) is 0 Å². The maximum absolute atomic E-state index is 12.7. The van der Waals surface area contributed by atoms with E-state index in [9.17, 15) is 14.4 Å². The molecule has 2 amide bonds. The number of nitrogens with zero attached hydrogens (tertiary/aromatic N) is 1. The second-order valence-corrected chi connectivity index (χ2v) is 7.23. The topological polar surface area (TPSA) is 86.7 Å². The van der Waals surface area contributed by atoms with E-state index in [4.69, 9.17) is 5.21 Å². The first-order valence-electron chi connectivity index (χ1n) is 9.12. The molecule has 2 N–H and O–H groups in total. The maximum Gasteiger partial charge on any atom is 0.247 e. The van der Waals surface area contributed by atoms with Crippen molar-refractivity contribution in [3.8, 4) is 0 Å². The smallest absolute Gasteiger partial charge is 0.247 e. The van der Waals surface area contributed by atoms with E-state index >= 15 is 0 Å². The fourth-order valence-corrected chi connectivity index (χ4v) is 3.61. The zero-order valence-electron chi connectivity index (χ0n) is 15.7. The largest absolute Gasteiger partial charge is 0.343 e. The van der Waals surface area contributed by atoms with Gasteiger partial charge in [0.15, 0.2) is 0 Å². The Morgan fingerprint density at radius 3 is 2.27 bits per heavy atom. The summed E-state index contributed by atoms with van der Waals surface area (Å²) in [6.07, 6.45) is 1.40. The van der Waals surface area contributed by atoms with Gasteiger partial charge in [-0.3, -0.25) is 19.6 Å². The Morgan fingerprint density at radius 1 is 1.19 bits per heavy atom. The molecule has 0 spiro atoms. The highest BCUT2D eigenvalue weighted by molar-refractivity contribution is 5.90. The number of Topliss-reactive ketones (excluding diaryl/α,β-unsaturated/α-hetero) is 1. The lowest BCUT2D eigenvalue weighted by Gasteiger charge is -2.34. The molecule has 2 rings (SSSR count). The molecular formula is C20H28N2O4. The Morgan fingerprint density at radius 2 is 1.77 bits per heavy atom. The Balaban J connectivity index is 2.05. The highest BCUT2D eigenvalue weighted by Crippen LogP contribution is 2.30. The van der Waals surface area contributed by atoms with Crippen molar-refractivity contribution in [1.82, 2.24) is 10.4 Å². The third-order valence-electron chi connectivity index (χ3n) is 5.48. The molecule has 6 nitrogen and oxygen atoms in total. The lowest BCUT2D eigenvalue weighted by molar-refractivity contribution is -0.139. The van der Waals surface area contributed by atoms with Crippen LogP contribution in [0.15, 0.2) is 24.3 Å². The normalized spacial score (nSPS) is 17.5. The average molecular weight is 360 g/mol. The standard InChI is InChI=1S/C20H28N2O4/c1-13-4-6-16(7-5-13)14(2)19(24)12-18(20(25)21-26)17-8-10-22(11-9-17)15(3)23/h4-7,14,17-18,26H,8-12H2,1-3H3,(H,21,25). The number of rotatable bonds is 6. The molecule has 0 radical (unpaired) electrons. The van der Waals surface area contributed by atoms with Crippen LogP contribution < -0.4 is 5.48 Å². The molecule has 1 fully saturated rings. The van der Waals surface area contributed by atoms with Gasteiger partial charge in [-0.25, -0.2) is 5.48 Å². The molecule has 26 heavy (non-hydrogen) atoms. The van der Waals surface area contributed by atoms with Gasteiger partial charge in [-0.15, -0.1) is 0 Å². The molecule has 1 aromatic rings. The lowest BCUT2D eigenvalue weighted by Crippen LogP contribution is -2.43. The number of aryl methyl sites for hydroxylation is 1. The summed E-state index contributed by atoms with van der Waals surface area (Å²) in [4.78, 5) is 38.1. The van der Waals surface area contributed by atoms with Gasteiger partial charge in [-0.2, -0.15) is 0 Å². The highest BCUT2D eigenvalue weighted by Gasteiger charge is 2.34.